The van der Waals surface area contributed by atoms with Crippen LogP contribution in [0.3, 0.4) is 0 Å². The Balaban J connectivity index is 3.24. The van der Waals surface area contributed by atoms with Gasteiger partial charge in [0.2, 0.25) is 0 Å². The first-order chi connectivity index (χ1) is 5.15. The molecule has 1 aromatic rings. The lowest BCUT2D eigenvalue weighted by molar-refractivity contribution is 0.440. The maximum atomic E-state index is 12.6. The molecule has 0 saturated carbocycles. The maximum absolute atomic E-state index is 12.6. The number of alkyl halides is 1. The zero-order chi connectivity index (χ0) is 8.43. The van der Waals surface area contributed by atoms with Gasteiger partial charge in [0.15, 0.2) is 11.6 Å². The van der Waals surface area contributed by atoms with E-state index < -0.39 is 18.3 Å². The molecule has 60 valence electrons. The summed E-state index contributed by atoms with van der Waals surface area (Å²) in [5.74, 6) is -2.09. The number of hydrogen-bond acceptors (Lipinski definition) is 0. The van der Waals surface area contributed by atoms with Gasteiger partial charge in [-0.1, -0.05) is 0 Å². The number of hydrogen-bond donors (Lipinski definition) is 0. The van der Waals surface area contributed by atoms with Gasteiger partial charge in [0.1, 0.15) is 6.67 Å². The highest BCUT2D eigenvalue weighted by atomic mass is 127. The van der Waals surface area contributed by atoms with E-state index in [9.17, 15) is 13.2 Å². The van der Waals surface area contributed by atoms with E-state index in [0.29, 0.717) is 3.57 Å². The van der Waals surface area contributed by atoms with Crippen LogP contribution in [0, 0.1) is 15.2 Å². The van der Waals surface area contributed by atoms with Crippen LogP contribution in [-0.2, 0) is 6.67 Å². The molecule has 0 fully saturated rings. The summed E-state index contributed by atoms with van der Waals surface area (Å²) < 4.78 is 37.5. The van der Waals surface area contributed by atoms with Crippen LogP contribution < -0.4 is 0 Å². The Kier molecular flexibility index (Phi) is 2.75. The second-order valence-corrected chi connectivity index (χ2v) is 3.24. The summed E-state index contributed by atoms with van der Waals surface area (Å²) in [5.41, 5.74) is -0.227. The lowest BCUT2D eigenvalue weighted by Gasteiger charge is -1.99. The molecular formula is C7H4F3I. The van der Waals surface area contributed by atoms with Crippen molar-refractivity contribution in [2.75, 3.05) is 0 Å². The zero-order valence-corrected chi connectivity index (χ0v) is 7.53. The molecule has 0 heterocycles. The maximum Gasteiger partial charge on any atom is 0.164 e. The Bertz CT molecular complexity index is 273. The van der Waals surface area contributed by atoms with Gasteiger partial charge in [0.25, 0.3) is 0 Å². The highest BCUT2D eigenvalue weighted by Gasteiger charge is 2.08. The average Bonchev–Trinajstić information content (AvgIpc) is 1.96. The monoisotopic (exact) mass is 272 g/mol. The SMILES string of the molecule is FCc1cc(I)cc(F)c1F. The molecule has 1 aromatic carbocycles. The molecule has 0 aromatic heterocycles. The molecular weight excluding hydrogens is 268 g/mol. The van der Waals surface area contributed by atoms with Gasteiger partial charge in [-0.25, -0.2) is 13.2 Å². The van der Waals surface area contributed by atoms with Crippen LogP contribution >= 0.6 is 22.6 Å². The minimum Gasteiger partial charge on any atom is -0.246 e. The summed E-state index contributed by atoms with van der Waals surface area (Å²) in [7, 11) is 0. The Hall–Kier alpha value is -0.260. The molecule has 0 unspecified atom stereocenters. The Labute approximate surface area is 75.6 Å². The van der Waals surface area contributed by atoms with Crippen molar-refractivity contribution in [3.63, 3.8) is 0 Å². The van der Waals surface area contributed by atoms with E-state index in [0.717, 1.165) is 6.07 Å². The minimum atomic E-state index is -1.09. The Morgan fingerprint density at radius 2 is 1.91 bits per heavy atom. The van der Waals surface area contributed by atoms with Crippen LogP contribution in [0.1, 0.15) is 5.56 Å². The lowest BCUT2D eigenvalue weighted by atomic mass is 10.2. The fraction of sp³-hybridized carbons (Fsp3) is 0.143. The summed E-state index contributed by atoms with van der Waals surface area (Å²) in [6.45, 7) is -0.973. The quantitative estimate of drug-likeness (QED) is 0.544. The van der Waals surface area contributed by atoms with Crippen LogP contribution in [0.25, 0.3) is 0 Å². The molecule has 0 N–H and O–H groups in total. The molecule has 1 rings (SSSR count). The van der Waals surface area contributed by atoms with Crippen molar-refractivity contribution in [3.05, 3.63) is 32.9 Å². The number of rotatable bonds is 1. The number of benzene rings is 1. The number of halogens is 4. The smallest absolute Gasteiger partial charge is 0.164 e. The molecule has 0 radical (unpaired) electrons. The zero-order valence-electron chi connectivity index (χ0n) is 5.37. The summed E-state index contributed by atoms with van der Waals surface area (Å²) in [4.78, 5) is 0. The Morgan fingerprint density at radius 1 is 1.27 bits per heavy atom. The van der Waals surface area contributed by atoms with Crippen LogP contribution in [0.5, 0.6) is 0 Å². The molecule has 0 aliphatic carbocycles. The highest BCUT2D eigenvalue weighted by Crippen LogP contribution is 2.17. The third kappa shape index (κ3) is 1.85. The van der Waals surface area contributed by atoms with Crippen LogP contribution in [-0.4, -0.2) is 0 Å². The average molecular weight is 272 g/mol. The van der Waals surface area contributed by atoms with E-state index >= 15 is 0 Å². The van der Waals surface area contributed by atoms with E-state index in [2.05, 4.69) is 0 Å². The molecule has 11 heavy (non-hydrogen) atoms. The van der Waals surface area contributed by atoms with E-state index in [1.165, 1.54) is 6.07 Å². The summed E-state index contributed by atoms with van der Waals surface area (Å²) in [6.07, 6.45) is 0. The third-order valence-corrected chi connectivity index (χ3v) is 1.84. The van der Waals surface area contributed by atoms with Crippen LogP contribution in [0.2, 0.25) is 0 Å². The van der Waals surface area contributed by atoms with E-state index in [1.807, 2.05) is 0 Å². The second kappa shape index (κ2) is 3.42. The molecule has 0 bridgehead atoms. The molecule has 4 heteroatoms. The van der Waals surface area contributed by atoms with Gasteiger partial charge in [-0.05, 0) is 34.7 Å². The minimum absolute atomic E-state index is 0.227. The van der Waals surface area contributed by atoms with Gasteiger partial charge < -0.3 is 0 Å². The summed E-state index contributed by atoms with van der Waals surface area (Å²) in [6, 6.07) is 2.30. The predicted molar refractivity (Wildman–Crippen MR) is 43.9 cm³/mol. The molecule has 0 aliphatic rings. The van der Waals surface area contributed by atoms with Crippen LogP contribution in [0.15, 0.2) is 12.1 Å². The van der Waals surface area contributed by atoms with E-state index in [-0.39, 0.29) is 5.56 Å². The molecule has 0 amide bonds. The molecule has 0 atom stereocenters. The fourth-order valence-corrected chi connectivity index (χ4v) is 1.36. The van der Waals surface area contributed by atoms with Gasteiger partial charge in [-0.2, -0.15) is 0 Å². The fourth-order valence-electron chi connectivity index (χ4n) is 0.707. The van der Waals surface area contributed by atoms with Crippen molar-refractivity contribution >= 4 is 22.6 Å². The van der Waals surface area contributed by atoms with Crippen molar-refractivity contribution in [1.82, 2.24) is 0 Å². The van der Waals surface area contributed by atoms with Gasteiger partial charge in [-0.3, -0.25) is 0 Å². The second-order valence-electron chi connectivity index (χ2n) is 1.99. The van der Waals surface area contributed by atoms with Gasteiger partial charge in [0.05, 0.1) is 0 Å². The van der Waals surface area contributed by atoms with Gasteiger partial charge in [-0.15, -0.1) is 0 Å². The van der Waals surface area contributed by atoms with Crippen molar-refractivity contribution in [1.29, 1.82) is 0 Å². The highest BCUT2D eigenvalue weighted by molar-refractivity contribution is 14.1. The van der Waals surface area contributed by atoms with Crippen molar-refractivity contribution in [2.24, 2.45) is 0 Å². The van der Waals surface area contributed by atoms with Gasteiger partial charge in [0, 0.05) is 9.13 Å². The third-order valence-electron chi connectivity index (χ3n) is 1.21. The molecule has 0 saturated heterocycles. The van der Waals surface area contributed by atoms with Crippen molar-refractivity contribution in [3.8, 4) is 0 Å². The first-order valence-electron chi connectivity index (χ1n) is 2.84. The van der Waals surface area contributed by atoms with E-state index in [1.54, 1.807) is 22.6 Å². The van der Waals surface area contributed by atoms with E-state index in [4.69, 9.17) is 0 Å². The normalized spacial score (nSPS) is 10.2. The first-order valence-corrected chi connectivity index (χ1v) is 3.92. The van der Waals surface area contributed by atoms with Gasteiger partial charge >= 0.3 is 0 Å². The molecule has 0 spiro atoms. The van der Waals surface area contributed by atoms with Crippen molar-refractivity contribution in [2.45, 2.75) is 6.67 Å². The lowest BCUT2D eigenvalue weighted by Crippen LogP contribution is -1.92. The van der Waals surface area contributed by atoms with Crippen molar-refractivity contribution < 1.29 is 13.2 Å². The Morgan fingerprint density at radius 3 is 2.45 bits per heavy atom. The largest absolute Gasteiger partial charge is 0.246 e. The first kappa shape index (κ1) is 8.83. The van der Waals surface area contributed by atoms with Crippen LogP contribution in [0.4, 0.5) is 13.2 Å². The summed E-state index contributed by atoms with van der Waals surface area (Å²) >= 11 is 1.80. The topological polar surface area (TPSA) is 0 Å². The molecule has 0 aliphatic heterocycles. The predicted octanol–water partition coefficient (Wildman–Crippen LogP) is 3.04. The molecule has 0 nitrogen and oxygen atoms in total. The standard InChI is InChI=1S/C7H4F3I/c8-3-4-1-5(11)2-6(9)7(4)10/h1-2H,3H2. The summed E-state index contributed by atoms with van der Waals surface area (Å²) in [5, 5.41) is 0.